The molecule has 14 heteroatoms. The number of aliphatic hydroxyl groups excluding tert-OH is 1. The number of benzene rings is 1. The number of aliphatic hydroxyl groups is 1. The van der Waals surface area contributed by atoms with E-state index < -0.39 is 41.1 Å². The average molecular weight is 549 g/mol. The number of anilines is 1. The zero-order chi connectivity index (χ0) is 27.0. The zero-order valence-corrected chi connectivity index (χ0v) is 23.2. The van der Waals surface area contributed by atoms with Gasteiger partial charge in [-0.2, -0.15) is 0 Å². The van der Waals surface area contributed by atoms with Crippen LogP contribution in [-0.4, -0.2) is 69.2 Å². The third-order valence-corrected chi connectivity index (χ3v) is 11.8. The van der Waals surface area contributed by atoms with E-state index in [0.717, 1.165) is 0 Å². The topological polar surface area (TPSA) is 158 Å². The first kappa shape index (κ1) is 27.4. The van der Waals surface area contributed by atoms with Crippen molar-refractivity contribution in [2.75, 3.05) is 18.5 Å². The number of amides is 1. The lowest BCUT2D eigenvalue weighted by Crippen LogP contribution is -2.57. The van der Waals surface area contributed by atoms with Gasteiger partial charge in [-0.3, -0.25) is 9.36 Å². The van der Waals surface area contributed by atoms with Crippen molar-refractivity contribution in [3.8, 4) is 0 Å². The number of hydrogen-bond donors (Lipinski definition) is 3. The summed E-state index contributed by atoms with van der Waals surface area (Å²) in [5, 5.41) is 12.5. The van der Waals surface area contributed by atoms with Gasteiger partial charge >= 0.3 is 8.25 Å². The molecule has 1 fully saturated rings. The van der Waals surface area contributed by atoms with E-state index in [4.69, 9.17) is 13.7 Å². The maximum atomic E-state index is 12.8. The van der Waals surface area contributed by atoms with E-state index >= 15 is 0 Å². The van der Waals surface area contributed by atoms with Gasteiger partial charge in [-0.25, -0.2) is 15.0 Å². The summed E-state index contributed by atoms with van der Waals surface area (Å²) in [5.41, 5.74) is -0.458. The highest BCUT2D eigenvalue weighted by Crippen LogP contribution is 2.47. The summed E-state index contributed by atoms with van der Waals surface area (Å²) >= 11 is 0. The van der Waals surface area contributed by atoms with Crippen LogP contribution in [0, 0.1) is 0 Å². The number of nitrogens with one attached hydrogen (secondary N) is 1. The van der Waals surface area contributed by atoms with Crippen molar-refractivity contribution >= 4 is 39.5 Å². The molecule has 0 saturated carbocycles. The Balaban J connectivity index is 1.84. The second kappa shape index (κ2) is 10.3. The summed E-state index contributed by atoms with van der Waals surface area (Å²) in [5.74, 6) is -0.186. The van der Waals surface area contributed by atoms with Gasteiger partial charge in [0.1, 0.15) is 12.4 Å². The van der Waals surface area contributed by atoms with Crippen molar-refractivity contribution in [3.05, 3.63) is 48.5 Å². The Morgan fingerprint density at radius 1 is 1.27 bits per heavy atom. The van der Waals surface area contributed by atoms with E-state index in [0.29, 0.717) is 11.2 Å². The van der Waals surface area contributed by atoms with Crippen LogP contribution < -0.4 is 5.32 Å². The third-order valence-electron chi connectivity index (χ3n) is 6.92. The minimum atomic E-state index is -3.06. The van der Waals surface area contributed by atoms with Gasteiger partial charge in [0.2, 0.25) is 0 Å². The predicted molar refractivity (Wildman–Crippen MR) is 137 cm³/mol. The van der Waals surface area contributed by atoms with Crippen molar-refractivity contribution in [1.29, 1.82) is 0 Å². The van der Waals surface area contributed by atoms with E-state index in [9.17, 15) is 19.4 Å². The lowest BCUT2D eigenvalue weighted by molar-refractivity contribution is -0.0873. The van der Waals surface area contributed by atoms with Gasteiger partial charge in [0, 0.05) is 10.1 Å². The molecule has 2 aromatic heterocycles. The van der Waals surface area contributed by atoms with E-state index in [1.165, 1.54) is 12.7 Å². The lowest BCUT2D eigenvalue weighted by atomic mass is 10.1. The van der Waals surface area contributed by atoms with Crippen LogP contribution in [0.4, 0.5) is 5.82 Å². The van der Waals surface area contributed by atoms with E-state index in [-0.39, 0.29) is 28.9 Å². The highest BCUT2D eigenvalue weighted by atomic mass is 31.1. The fraction of sp³-hybridized carbons (Fsp3) is 0.478. The van der Waals surface area contributed by atoms with Crippen molar-refractivity contribution in [3.63, 3.8) is 0 Å². The van der Waals surface area contributed by atoms with Gasteiger partial charge in [-0.15, -0.1) is 9.42 Å². The summed E-state index contributed by atoms with van der Waals surface area (Å²) in [4.78, 5) is 35.5. The number of nitrogens with zero attached hydrogens (tertiary/aromatic N) is 4. The number of ether oxygens (including phenoxy) is 1. The molecule has 1 saturated heterocycles. The van der Waals surface area contributed by atoms with Crippen LogP contribution in [0.5, 0.6) is 0 Å². The molecule has 1 aromatic carbocycles. The smallest absolute Gasteiger partial charge is 0.394 e. The van der Waals surface area contributed by atoms with Gasteiger partial charge in [-0.05, 0) is 30.3 Å². The Morgan fingerprint density at radius 3 is 2.59 bits per heavy atom. The number of aromatic nitrogens is 4. The van der Waals surface area contributed by atoms with Gasteiger partial charge in [0.15, 0.2) is 37.1 Å². The highest BCUT2D eigenvalue weighted by Gasteiger charge is 2.61. The molecule has 37 heavy (non-hydrogen) atoms. The molecule has 1 aliphatic heterocycles. The quantitative estimate of drug-likeness (QED) is 0.282. The first-order chi connectivity index (χ1) is 17.4. The molecular formula is C23H31N5O7PSi+. The minimum Gasteiger partial charge on any atom is -0.394 e. The molecule has 4 rings (SSSR count). The second-order valence-corrected chi connectivity index (χ2v) is 15.7. The Bertz CT molecular complexity index is 1300. The molecule has 4 atom stereocenters. The Hall–Kier alpha value is -2.64. The fourth-order valence-corrected chi connectivity index (χ4v) is 5.95. The number of carbonyl (C=O) groups excluding carboxylic acids is 1. The van der Waals surface area contributed by atoms with Gasteiger partial charge in [-0.1, -0.05) is 39.0 Å². The van der Waals surface area contributed by atoms with Crippen molar-refractivity contribution in [2.24, 2.45) is 0 Å². The van der Waals surface area contributed by atoms with E-state index in [1.54, 1.807) is 28.8 Å². The number of imidazole rings is 1. The van der Waals surface area contributed by atoms with Crippen LogP contribution in [0.1, 0.15) is 31.1 Å². The predicted octanol–water partition coefficient (Wildman–Crippen LogP) is 3.18. The summed E-state index contributed by atoms with van der Waals surface area (Å²) in [7, 11) is -5.65. The fourth-order valence-electron chi connectivity index (χ4n) is 3.99. The molecule has 0 bridgehead atoms. The molecule has 1 amide bonds. The molecule has 3 aromatic rings. The summed E-state index contributed by atoms with van der Waals surface area (Å²) in [6.45, 7) is 9.66. The number of hydrogen-bond acceptors (Lipinski definition) is 9. The Kier molecular flexibility index (Phi) is 7.59. The zero-order valence-electron chi connectivity index (χ0n) is 21.3. The Labute approximate surface area is 216 Å². The maximum absolute atomic E-state index is 12.8. The molecule has 3 N–H and O–H groups in total. The van der Waals surface area contributed by atoms with E-state index in [2.05, 4.69) is 41.0 Å². The first-order valence-electron chi connectivity index (χ1n) is 11.7. The molecular weight excluding hydrogens is 517 g/mol. The van der Waals surface area contributed by atoms with Crippen LogP contribution in [-0.2, 0) is 24.0 Å². The van der Waals surface area contributed by atoms with Crippen LogP contribution in [0.3, 0.4) is 0 Å². The standard InChI is InChI=1S/C23H30N5O7PSi/c1-22(2,3)37(4,5)35-23(12-33-16(11-29)18(23)34-36(31)32)28-14-26-17-19(24-13-25-20(17)28)27-21(30)15-9-7-6-8-10-15/h6-10,13-14,16,18,29H,11-12H2,1-5H3,(H-,24,25,27,30,31,32)/p+1/t16-,18-,23+/m1/s1. The van der Waals surface area contributed by atoms with Crippen LogP contribution in [0.2, 0.25) is 18.1 Å². The van der Waals surface area contributed by atoms with Crippen LogP contribution in [0.15, 0.2) is 43.0 Å². The SMILES string of the molecule is CC(C)(C)[Si](C)(C)O[C@@]1(n2cnc3c(NC(=O)c4ccccc4)ncnc32)CO[C@H](CO)[C@H]1O[P+](=O)O. The lowest BCUT2D eigenvalue weighted by Gasteiger charge is -2.45. The van der Waals surface area contributed by atoms with Gasteiger partial charge < -0.3 is 19.6 Å². The molecule has 12 nitrogen and oxygen atoms in total. The van der Waals surface area contributed by atoms with Crippen molar-refractivity contribution < 1.29 is 33.0 Å². The summed E-state index contributed by atoms with van der Waals surface area (Å²) in [6.07, 6.45) is 0.639. The van der Waals surface area contributed by atoms with Crippen LogP contribution >= 0.6 is 8.25 Å². The molecule has 198 valence electrons. The van der Waals surface area contributed by atoms with Gasteiger partial charge in [0.05, 0.1) is 19.5 Å². The average Bonchev–Trinajstić information content (AvgIpc) is 3.41. The summed E-state index contributed by atoms with van der Waals surface area (Å²) in [6, 6.07) is 8.68. The number of carbonyl (C=O) groups is 1. The molecule has 3 heterocycles. The Morgan fingerprint density at radius 2 is 1.97 bits per heavy atom. The molecule has 0 radical (unpaired) electrons. The number of fused-ring (bicyclic) bond motifs is 1. The molecule has 1 unspecified atom stereocenters. The molecule has 0 aliphatic carbocycles. The third kappa shape index (κ3) is 5.21. The van der Waals surface area contributed by atoms with Crippen molar-refractivity contribution in [1.82, 2.24) is 19.5 Å². The van der Waals surface area contributed by atoms with Crippen LogP contribution in [0.25, 0.3) is 11.2 Å². The normalized spacial score (nSPS) is 22.8. The van der Waals surface area contributed by atoms with Gasteiger partial charge in [0.25, 0.3) is 5.91 Å². The first-order valence-corrected chi connectivity index (χ1v) is 15.7. The minimum absolute atomic E-state index is 0.0975. The summed E-state index contributed by atoms with van der Waals surface area (Å²) < 4.78 is 31.6. The molecule has 0 spiro atoms. The largest absolute Gasteiger partial charge is 0.695 e. The molecule has 1 aliphatic rings. The number of rotatable bonds is 8. The monoisotopic (exact) mass is 548 g/mol. The maximum Gasteiger partial charge on any atom is 0.695 e. The second-order valence-electron chi connectivity index (χ2n) is 10.3. The van der Waals surface area contributed by atoms with Crippen molar-refractivity contribution in [2.45, 2.75) is 56.8 Å². The van der Waals surface area contributed by atoms with E-state index in [1.807, 2.05) is 19.2 Å². The highest BCUT2D eigenvalue weighted by molar-refractivity contribution is 7.32.